The van der Waals surface area contributed by atoms with Crippen molar-refractivity contribution >= 4 is 0 Å². The lowest BCUT2D eigenvalue weighted by Crippen LogP contribution is -2.54. The molecule has 0 aliphatic carbocycles. The summed E-state index contributed by atoms with van der Waals surface area (Å²) in [6.45, 7) is 1.74. The van der Waals surface area contributed by atoms with Crippen molar-refractivity contribution in [1.29, 1.82) is 5.26 Å². The number of rotatable bonds is 5. The third-order valence-corrected chi connectivity index (χ3v) is 5.15. The number of hydrogen-bond donors (Lipinski definition) is 0. The molecule has 0 atom stereocenters. The Hall–Kier alpha value is -3.67. The average molecular weight is 465 g/mol. The number of ether oxygens (including phenoxy) is 2. The van der Waals surface area contributed by atoms with Gasteiger partial charge in [0.05, 0.1) is 12.7 Å². The van der Waals surface area contributed by atoms with Gasteiger partial charge in [-0.2, -0.15) is 31.6 Å². The molecule has 33 heavy (non-hydrogen) atoms. The van der Waals surface area contributed by atoms with Gasteiger partial charge in [-0.3, -0.25) is 0 Å². The van der Waals surface area contributed by atoms with E-state index in [2.05, 4.69) is 0 Å². The van der Waals surface area contributed by atoms with Crippen LogP contribution in [0.3, 0.4) is 0 Å². The number of halogens is 6. The molecule has 0 bridgehead atoms. The molecular weight excluding hydrogens is 448 g/mol. The molecule has 9 heteroatoms. The normalized spacial score (nSPS) is 12.2. The molecule has 3 aromatic carbocycles. The summed E-state index contributed by atoms with van der Waals surface area (Å²) in [5.41, 5.74) is -5.37. The number of alkyl halides is 6. The molecule has 0 fully saturated rings. The topological polar surface area (TPSA) is 42.2 Å². The SMILES string of the molecule is COc1ccc(C(c2ccc(Oc3cc(C)ccc3C#N)cc2)(C(F)(F)F)C(F)(F)F)cc1. The molecule has 0 amide bonds. The summed E-state index contributed by atoms with van der Waals surface area (Å²) < 4.78 is 95.6. The highest BCUT2D eigenvalue weighted by atomic mass is 19.4. The van der Waals surface area contributed by atoms with Gasteiger partial charge in [0.25, 0.3) is 0 Å². The molecule has 0 aromatic heterocycles. The van der Waals surface area contributed by atoms with Crippen LogP contribution in [0.5, 0.6) is 17.2 Å². The first-order valence-corrected chi connectivity index (χ1v) is 9.51. The van der Waals surface area contributed by atoms with Gasteiger partial charge in [-0.15, -0.1) is 0 Å². The van der Waals surface area contributed by atoms with Crippen LogP contribution < -0.4 is 9.47 Å². The highest BCUT2D eigenvalue weighted by Crippen LogP contribution is 2.56. The van der Waals surface area contributed by atoms with Crippen molar-refractivity contribution in [2.45, 2.75) is 24.7 Å². The monoisotopic (exact) mass is 465 g/mol. The van der Waals surface area contributed by atoms with Gasteiger partial charge in [0.1, 0.15) is 23.3 Å². The van der Waals surface area contributed by atoms with Crippen molar-refractivity contribution in [3.05, 3.63) is 89.0 Å². The van der Waals surface area contributed by atoms with Gasteiger partial charge >= 0.3 is 12.4 Å². The van der Waals surface area contributed by atoms with Gasteiger partial charge in [-0.25, -0.2) is 0 Å². The van der Waals surface area contributed by atoms with Crippen LogP contribution >= 0.6 is 0 Å². The predicted molar refractivity (Wildman–Crippen MR) is 108 cm³/mol. The van der Waals surface area contributed by atoms with Crippen LogP contribution in [-0.4, -0.2) is 19.5 Å². The van der Waals surface area contributed by atoms with E-state index in [0.717, 1.165) is 54.1 Å². The summed E-state index contributed by atoms with van der Waals surface area (Å²) in [6, 6.07) is 13.7. The highest BCUT2D eigenvalue weighted by molar-refractivity contribution is 5.50. The Morgan fingerprint density at radius 1 is 0.727 bits per heavy atom. The first-order valence-electron chi connectivity index (χ1n) is 9.51. The minimum Gasteiger partial charge on any atom is -0.497 e. The van der Waals surface area contributed by atoms with Gasteiger partial charge in [0.2, 0.25) is 5.41 Å². The Bertz CT molecular complexity index is 1150. The van der Waals surface area contributed by atoms with Crippen molar-refractivity contribution in [1.82, 2.24) is 0 Å². The Labute approximate surface area is 185 Å². The fourth-order valence-electron chi connectivity index (χ4n) is 3.53. The maximum absolute atomic E-state index is 14.2. The second kappa shape index (κ2) is 8.70. The fraction of sp³-hybridized carbons (Fsp3) is 0.208. The second-order valence-electron chi connectivity index (χ2n) is 7.21. The maximum atomic E-state index is 14.2. The third kappa shape index (κ3) is 4.33. The van der Waals surface area contributed by atoms with Crippen LogP contribution in [0, 0.1) is 18.3 Å². The zero-order chi connectivity index (χ0) is 24.4. The van der Waals surface area contributed by atoms with Crippen molar-refractivity contribution < 1.29 is 35.8 Å². The Kier molecular flexibility index (Phi) is 6.32. The van der Waals surface area contributed by atoms with Crippen LogP contribution in [0.2, 0.25) is 0 Å². The molecule has 0 aliphatic rings. The van der Waals surface area contributed by atoms with Crippen LogP contribution in [-0.2, 0) is 5.41 Å². The minimum atomic E-state index is -5.70. The molecule has 0 unspecified atom stereocenters. The van der Waals surface area contributed by atoms with E-state index in [-0.39, 0.29) is 22.8 Å². The van der Waals surface area contributed by atoms with Crippen molar-refractivity contribution in [3.8, 4) is 23.3 Å². The standard InChI is InChI=1S/C24H17F6NO2/c1-15-3-4-16(14-31)21(13-15)33-20-11-7-18(8-12-20)22(23(25,26)27,24(28,29)30)17-5-9-19(32-2)10-6-17/h3-13H,1-2H3. The molecule has 0 saturated heterocycles. The van der Waals surface area contributed by atoms with Crippen LogP contribution in [0.25, 0.3) is 0 Å². The summed E-state index contributed by atoms with van der Waals surface area (Å²) in [5, 5.41) is 9.19. The second-order valence-corrected chi connectivity index (χ2v) is 7.21. The summed E-state index contributed by atoms with van der Waals surface area (Å²) >= 11 is 0. The van der Waals surface area contributed by atoms with Gasteiger partial charge < -0.3 is 9.47 Å². The molecule has 0 N–H and O–H groups in total. The molecular formula is C24H17F6NO2. The molecule has 0 spiro atoms. The molecule has 0 radical (unpaired) electrons. The first kappa shape index (κ1) is 24.0. The lowest BCUT2D eigenvalue weighted by molar-refractivity contribution is -0.288. The molecule has 3 rings (SSSR count). The summed E-state index contributed by atoms with van der Waals surface area (Å²) in [6.07, 6.45) is -11.4. The van der Waals surface area contributed by atoms with E-state index in [1.54, 1.807) is 19.1 Å². The third-order valence-electron chi connectivity index (χ3n) is 5.15. The lowest BCUT2D eigenvalue weighted by Gasteiger charge is -2.38. The van der Waals surface area contributed by atoms with Crippen molar-refractivity contribution in [2.24, 2.45) is 0 Å². The number of hydrogen-bond acceptors (Lipinski definition) is 3. The number of nitrogens with zero attached hydrogens (tertiary/aromatic N) is 1. The van der Waals surface area contributed by atoms with Crippen LogP contribution in [0.1, 0.15) is 22.3 Å². The number of aryl methyl sites for hydroxylation is 1. The average Bonchev–Trinajstić information content (AvgIpc) is 2.74. The Morgan fingerprint density at radius 3 is 1.64 bits per heavy atom. The van der Waals surface area contributed by atoms with E-state index in [1.807, 2.05) is 6.07 Å². The van der Waals surface area contributed by atoms with Crippen LogP contribution in [0.15, 0.2) is 66.7 Å². The number of nitriles is 1. The smallest absolute Gasteiger partial charge is 0.411 e. The fourth-order valence-corrected chi connectivity index (χ4v) is 3.53. The molecule has 0 heterocycles. The predicted octanol–water partition coefficient (Wildman–Crippen LogP) is 7.08. The summed E-state index contributed by atoms with van der Waals surface area (Å²) in [5.74, 6) is 0.235. The highest BCUT2D eigenvalue weighted by Gasteiger charge is 2.72. The summed E-state index contributed by atoms with van der Waals surface area (Å²) in [7, 11) is 1.25. The first-order chi connectivity index (χ1) is 15.4. The summed E-state index contributed by atoms with van der Waals surface area (Å²) in [4.78, 5) is 0. The number of methoxy groups -OCH3 is 1. The zero-order valence-electron chi connectivity index (χ0n) is 17.4. The minimum absolute atomic E-state index is 0.0196. The van der Waals surface area contributed by atoms with E-state index >= 15 is 0 Å². The van der Waals surface area contributed by atoms with Gasteiger partial charge in [0, 0.05) is 0 Å². The van der Waals surface area contributed by atoms with Gasteiger partial charge in [0.15, 0.2) is 0 Å². The van der Waals surface area contributed by atoms with Crippen molar-refractivity contribution in [3.63, 3.8) is 0 Å². The van der Waals surface area contributed by atoms with E-state index in [0.29, 0.717) is 0 Å². The quantitative estimate of drug-likeness (QED) is 0.378. The lowest BCUT2D eigenvalue weighted by atomic mass is 9.73. The Morgan fingerprint density at radius 2 is 1.21 bits per heavy atom. The molecule has 172 valence electrons. The maximum Gasteiger partial charge on any atom is 0.411 e. The van der Waals surface area contributed by atoms with Crippen molar-refractivity contribution in [2.75, 3.05) is 7.11 Å². The zero-order valence-corrected chi connectivity index (χ0v) is 17.4. The van der Waals surface area contributed by atoms with Gasteiger partial charge in [-0.05, 0) is 60.0 Å². The van der Waals surface area contributed by atoms with Gasteiger partial charge in [-0.1, -0.05) is 30.3 Å². The molecule has 3 nitrogen and oxygen atoms in total. The van der Waals surface area contributed by atoms with Crippen LogP contribution in [0.4, 0.5) is 26.3 Å². The van der Waals surface area contributed by atoms with E-state index in [9.17, 15) is 31.6 Å². The largest absolute Gasteiger partial charge is 0.497 e. The molecule has 3 aromatic rings. The molecule has 0 aliphatic heterocycles. The molecule has 0 saturated carbocycles. The van der Waals surface area contributed by atoms with E-state index in [1.165, 1.54) is 13.2 Å². The van der Waals surface area contributed by atoms with E-state index in [4.69, 9.17) is 9.47 Å². The number of benzene rings is 3. The Balaban J connectivity index is 2.12. The van der Waals surface area contributed by atoms with E-state index < -0.39 is 28.9 Å².